The maximum absolute atomic E-state index is 12.5. The van der Waals surface area contributed by atoms with Gasteiger partial charge in [0.1, 0.15) is 11.4 Å². The Hall–Kier alpha value is -1.84. The van der Waals surface area contributed by atoms with E-state index in [0.29, 0.717) is 22.6 Å². The first-order valence-electron chi connectivity index (χ1n) is 6.95. The van der Waals surface area contributed by atoms with Crippen molar-refractivity contribution in [3.63, 3.8) is 0 Å². The van der Waals surface area contributed by atoms with E-state index < -0.39 is 15.9 Å². The summed E-state index contributed by atoms with van der Waals surface area (Å²) in [7, 11) is -0.715. The van der Waals surface area contributed by atoms with Gasteiger partial charge < -0.3 is 9.30 Å². The average Bonchev–Trinajstić information content (AvgIpc) is 2.82. The van der Waals surface area contributed by atoms with Crippen molar-refractivity contribution in [3.05, 3.63) is 45.7 Å². The predicted molar refractivity (Wildman–Crippen MR) is 93.4 cm³/mol. The predicted octanol–water partition coefficient (Wildman–Crippen LogP) is 2.04. The molecule has 0 bridgehead atoms. The van der Waals surface area contributed by atoms with E-state index in [1.807, 2.05) is 0 Å². The third-order valence-electron chi connectivity index (χ3n) is 3.44. The molecular formula is C15H18BrN3O4S. The van der Waals surface area contributed by atoms with Crippen LogP contribution in [0.25, 0.3) is 0 Å². The SMILES string of the molecule is COc1cc(C)c(S(=O)(=O)NNC(=O)c2cc(Br)cn2C)c(C)c1. The monoisotopic (exact) mass is 415 g/mol. The Kier molecular flexibility index (Phi) is 5.36. The number of carbonyl (C=O) groups is 1. The molecule has 0 aliphatic rings. The summed E-state index contributed by atoms with van der Waals surface area (Å²) >= 11 is 3.26. The number of ether oxygens (including phenoxy) is 1. The Balaban J connectivity index is 2.23. The molecule has 0 atom stereocenters. The van der Waals surface area contributed by atoms with Gasteiger partial charge in [0.25, 0.3) is 15.9 Å². The van der Waals surface area contributed by atoms with E-state index >= 15 is 0 Å². The lowest BCUT2D eigenvalue weighted by molar-refractivity contribution is 0.0937. The van der Waals surface area contributed by atoms with Crippen LogP contribution in [0.1, 0.15) is 21.6 Å². The van der Waals surface area contributed by atoms with Gasteiger partial charge in [0.05, 0.1) is 12.0 Å². The molecule has 24 heavy (non-hydrogen) atoms. The molecule has 0 radical (unpaired) electrons. The second-order valence-corrected chi connectivity index (χ2v) is 7.84. The van der Waals surface area contributed by atoms with Crippen molar-refractivity contribution in [2.24, 2.45) is 7.05 Å². The van der Waals surface area contributed by atoms with Crippen LogP contribution in [-0.2, 0) is 17.1 Å². The number of nitrogens with one attached hydrogen (secondary N) is 2. The van der Waals surface area contributed by atoms with Crippen molar-refractivity contribution in [2.45, 2.75) is 18.7 Å². The molecule has 1 amide bonds. The van der Waals surface area contributed by atoms with Gasteiger partial charge >= 0.3 is 0 Å². The Morgan fingerprint density at radius 3 is 2.25 bits per heavy atom. The molecule has 0 unspecified atom stereocenters. The Labute approximate surface area is 149 Å². The molecule has 9 heteroatoms. The van der Waals surface area contributed by atoms with Gasteiger partial charge in [-0.3, -0.25) is 10.2 Å². The van der Waals surface area contributed by atoms with Gasteiger partial charge in [-0.15, -0.1) is 4.83 Å². The molecule has 1 aromatic heterocycles. The summed E-state index contributed by atoms with van der Waals surface area (Å²) in [4.78, 5) is 14.4. The van der Waals surface area contributed by atoms with Gasteiger partial charge in [0.15, 0.2) is 0 Å². The van der Waals surface area contributed by atoms with E-state index in [1.165, 1.54) is 7.11 Å². The molecule has 1 aromatic carbocycles. The number of nitrogens with zero attached hydrogens (tertiary/aromatic N) is 1. The van der Waals surface area contributed by atoms with Crippen LogP contribution < -0.4 is 15.0 Å². The van der Waals surface area contributed by atoms with Crippen LogP contribution in [0.2, 0.25) is 0 Å². The fourth-order valence-corrected chi connectivity index (χ4v) is 4.25. The summed E-state index contributed by atoms with van der Waals surface area (Å²) in [6.07, 6.45) is 1.70. The average molecular weight is 416 g/mol. The molecule has 130 valence electrons. The molecule has 0 saturated carbocycles. The van der Waals surface area contributed by atoms with Crippen LogP contribution in [0.3, 0.4) is 0 Å². The number of sulfonamides is 1. The standard InChI is InChI=1S/C15H18BrN3O4S/c1-9-5-12(23-4)6-10(2)14(9)24(21,22)18-17-15(20)13-7-11(16)8-19(13)3/h5-8,18H,1-4H3,(H,17,20). The number of hydrazine groups is 1. The lowest BCUT2D eigenvalue weighted by Crippen LogP contribution is -2.42. The van der Waals surface area contributed by atoms with Gasteiger partial charge in [-0.1, -0.05) is 0 Å². The fourth-order valence-electron chi connectivity index (χ4n) is 2.43. The third-order valence-corrected chi connectivity index (χ3v) is 5.43. The van der Waals surface area contributed by atoms with Crippen molar-refractivity contribution >= 4 is 31.9 Å². The highest BCUT2D eigenvalue weighted by Crippen LogP contribution is 2.25. The van der Waals surface area contributed by atoms with Crippen molar-refractivity contribution in [1.29, 1.82) is 0 Å². The molecule has 2 rings (SSSR count). The summed E-state index contributed by atoms with van der Waals surface area (Å²) < 4.78 is 32.5. The lowest BCUT2D eigenvalue weighted by atomic mass is 10.1. The van der Waals surface area contributed by atoms with Crippen molar-refractivity contribution in [2.75, 3.05) is 7.11 Å². The summed E-state index contributed by atoms with van der Waals surface area (Å²) in [5.41, 5.74) is 3.58. The third kappa shape index (κ3) is 3.80. The van der Waals surface area contributed by atoms with E-state index in [9.17, 15) is 13.2 Å². The van der Waals surface area contributed by atoms with E-state index in [1.54, 1.807) is 49.9 Å². The van der Waals surface area contributed by atoms with Gasteiger partial charge in [0, 0.05) is 17.7 Å². The Morgan fingerprint density at radius 1 is 1.21 bits per heavy atom. The Bertz CT molecular complexity index is 867. The topological polar surface area (TPSA) is 89.4 Å². The first-order valence-corrected chi connectivity index (χ1v) is 9.22. The van der Waals surface area contributed by atoms with Crippen molar-refractivity contribution in [1.82, 2.24) is 14.8 Å². The number of methoxy groups -OCH3 is 1. The highest BCUT2D eigenvalue weighted by molar-refractivity contribution is 9.10. The maximum Gasteiger partial charge on any atom is 0.282 e. The van der Waals surface area contributed by atoms with E-state index in [0.717, 1.165) is 4.47 Å². The number of hydrogen-bond donors (Lipinski definition) is 2. The zero-order valence-corrected chi connectivity index (χ0v) is 16.1. The zero-order valence-electron chi connectivity index (χ0n) is 13.7. The Morgan fingerprint density at radius 2 is 1.79 bits per heavy atom. The normalized spacial score (nSPS) is 11.4. The maximum atomic E-state index is 12.5. The number of benzene rings is 1. The summed E-state index contributed by atoms with van der Waals surface area (Å²) in [6, 6.07) is 4.84. The number of amides is 1. The molecule has 0 aliphatic carbocycles. The minimum absolute atomic E-state index is 0.108. The zero-order chi connectivity index (χ0) is 18.1. The van der Waals surface area contributed by atoms with Crippen molar-refractivity contribution < 1.29 is 17.9 Å². The van der Waals surface area contributed by atoms with Gasteiger partial charge in [-0.2, -0.15) is 0 Å². The number of aromatic nitrogens is 1. The van der Waals surface area contributed by atoms with Crippen LogP contribution >= 0.6 is 15.9 Å². The number of halogens is 1. The van der Waals surface area contributed by atoms with Gasteiger partial charge in [-0.25, -0.2) is 8.42 Å². The van der Waals surface area contributed by atoms with Crippen LogP contribution in [-0.4, -0.2) is 26.0 Å². The lowest BCUT2D eigenvalue weighted by Gasteiger charge is -2.14. The first-order chi connectivity index (χ1) is 11.2. The molecule has 0 aliphatic heterocycles. The number of aryl methyl sites for hydroxylation is 3. The van der Waals surface area contributed by atoms with Crippen molar-refractivity contribution in [3.8, 4) is 5.75 Å². The number of carbonyl (C=O) groups excluding carboxylic acids is 1. The van der Waals surface area contributed by atoms with Crippen LogP contribution in [0.5, 0.6) is 5.75 Å². The van der Waals surface area contributed by atoms with Gasteiger partial charge in [-0.05, 0) is 59.1 Å². The minimum atomic E-state index is -3.91. The van der Waals surface area contributed by atoms with Gasteiger partial charge in [0.2, 0.25) is 0 Å². The molecule has 7 nitrogen and oxygen atoms in total. The van der Waals surface area contributed by atoms with Crippen LogP contribution in [0, 0.1) is 13.8 Å². The van der Waals surface area contributed by atoms with Crippen LogP contribution in [0.4, 0.5) is 0 Å². The molecule has 0 spiro atoms. The largest absolute Gasteiger partial charge is 0.497 e. The quantitative estimate of drug-likeness (QED) is 0.731. The summed E-state index contributed by atoms with van der Waals surface area (Å²) in [6.45, 7) is 3.33. The highest BCUT2D eigenvalue weighted by Gasteiger charge is 2.22. The first kappa shape index (κ1) is 18.5. The molecule has 2 N–H and O–H groups in total. The minimum Gasteiger partial charge on any atom is -0.497 e. The highest BCUT2D eigenvalue weighted by atomic mass is 79.9. The molecule has 2 aromatic rings. The number of hydrogen-bond acceptors (Lipinski definition) is 4. The number of rotatable bonds is 5. The van der Waals surface area contributed by atoms with E-state index in [4.69, 9.17) is 4.74 Å². The fraction of sp³-hybridized carbons (Fsp3) is 0.267. The summed E-state index contributed by atoms with van der Waals surface area (Å²) in [5.74, 6) is 0.0113. The molecular weight excluding hydrogens is 398 g/mol. The second-order valence-electron chi connectivity index (χ2n) is 5.30. The smallest absolute Gasteiger partial charge is 0.282 e. The van der Waals surface area contributed by atoms with Crippen LogP contribution in [0.15, 0.2) is 33.8 Å². The molecule has 0 saturated heterocycles. The molecule has 0 fully saturated rings. The van der Waals surface area contributed by atoms with E-state index in [-0.39, 0.29) is 4.90 Å². The van der Waals surface area contributed by atoms with E-state index in [2.05, 4.69) is 26.2 Å². The second kappa shape index (κ2) is 6.96. The molecule has 1 heterocycles. The summed E-state index contributed by atoms with van der Waals surface area (Å²) in [5, 5.41) is 0.